The highest BCUT2D eigenvalue weighted by atomic mass is 79.9. The predicted molar refractivity (Wildman–Crippen MR) is 111 cm³/mol. The SMILES string of the molecule is COc1cc(C)c(NC(=O)Cn2cc(C(=O)C(F)(F)F)c3cc(Br)ccc32)cc1C. The molecule has 3 aromatic rings. The molecule has 1 aromatic heterocycles. The molecule has 3 rings (SSSR count). The fourth-order valence-corrected chi connectivity index (χ4v) is 3.58. The third-order valence-corrected chi connectivity index (χ3v) is 5.17. The Kier molecular flexibility index (Phi) is 5.94. The van der Waals surface area contributed by atoms with Gasteiger partial charge in [0.15, 0.2) is 0 Å². The van der Waals surface area contributed by atoms with Gasteiger partial charge in [0.05, 0.1) is 12.7 Å². The summed E-state index contributed by atoms with van der Waals surface area (Å²) in [5.74, 6) is -1.71. The van der Waals surface area contributed by atoms with Crippen LogP contribution >= 0.6 is 15.9 Å². The first kappa shape index (κ1) is 21.9. The summed E-state index contributed by atoms with van der Waals surface area (Å²) in [7, 11) is 1.55. The molecule has 0 fully saturated rings. The lowest BCUT2D eigenvalue weighted by atomic mass is 10.1. The van der Waals surface area contributed by atoms with Crippen molar-refractivity contribution >= 4 is 44.2 Å². The number of methoxy groups -OCH3 is 1. The Labute approximate surface area is 178 Å². The Bertz CT molecular complexity index is 1150. The van der Waals surface area contributed by atoms with Gasteiger partial charge in [-0.15, -0.1) is 0 Å². The van der Waals surface area contributed by atoms with Gasteiger partial charge in [-0.1, -0.05) is 15.9 Å². The average Bonchev–Trinajstić information content (AvgIpc) is 3.00. The molecular weight excluding hydrogens is 465 g/mol. The fraction of sp³-hybridized carbons (Fsp3) is 0.238. The van der Waals surface area contributed by atoms with Crippen molar-refractivity contribution in [3.63, 3.8) is 0 Å². The van der Waals surface area contributed by atoms with Crippen LogP contribution in [0.4, 0.5) is 18.9 Å². The van der Waals surface area contributed by atoms with E-state index >= 15 is 0 Å². The van der Waals surface area contributed by atoms with Crippen LogP contribution in [-0.4, -0.2) is 29.5 Å². The molecule has 1 N–H and O–H groups in total. The van der Waals surface area contributed by atoms with Crippen molar-refractivity contribution in [2.45, 2.75) is 26.6 Å². The van der Waals surface area contributed by atoms with Gasteiger partial charge in [0.1, 0.15) is 12.3 Å². The van der Waals surface area contributed by atoms with E-state index in [1.807, 2.05) is 6.92 Å². The third-order valence-electron chi connectivity index (χ3n) is 4.68. The molecule has 0 bridgehead atoms. The summed E-state index contributed by atoms with van der Waals surface area (Å²) in [6, 6.07) is 8.17. The number of carbonyl (C=O) groups excluding carboxylic acids is 2. The quantitative estimate of drug-likeness (QED) is 0.494. The minimum Gasteiger partial charge on any atom is -0.496 e. The van der Waals surface area contributed by atoms with Gasteiger partial charge in [0, 0.05) is 27.3 Å². The third kappa shape index (κ3) is 4.35. The molecule has 0 saturated heterocycles. The number of alkyl halides is 3. The lowest BCUT2D eigenvalue weighted by Gasteiger charge is -2.13. The predicted octanol–water partition coefficient (Wildman–Crippen LogP) is 5.41. The van der Waals surface area contributed by atoms with E-state index in [0.29, 0.717) is 21.4 Å². The van der Waals surface area contributed by atoms with Crippen molar-refractivity contribution in [2.24, 2.45) is 0 Å². The number of aryl methyl sites for hydroxylation is 2. The Morgan fingerprint density at radius 1 is 1.13 bits per heavy atom. The van der Waals surface area contributed by atoms with E-state index in [9.17, 15) is 22.8 Å². The monoisotopic (exact) mass is 482 g/mol. The second-order valence-electron chi connectivity index (χ2n) is 6.84. The molecule has 2 aromatic carbocycles. The minimum absolute atomic E-state index is 0.121. The van der Waals surface area contributed by atoms with E-state index in [2.05, 4.69) is 21.2 Å². The van der Waals surface area contributed by atoms with Crippen molar-refractivity contribution in [1.29, 1.82) is 0 Å². The lowest BCUT2D eigenvalue weighted by molar-refractivity contribution is -0.116. The van der Waals surface area contributed by atoms with Crippen molar-refractivity contribution in [1.82, 2.24) is 4.57 Å². The molecule has 0 aliphatic rings. The van der Waals surface area contributed by atoms with Gasteiger partial charge in [-0.25, -0.2) is 0 Å². The van der Waals surface area contributed by atoms with Crippen LogP contribution in [0.1, 0.15) is 21.5 Å². The zero-order valence-corrected chi connectivity index (χ0v) is 17.9. The first-order valence-corrected chi connectivity index (χ1v) is 9.65. The number of ketones is 1. The summed E-state index contributed by atoms with van der Waals surface area (Å²) >= 11 is 3.21. The number of benzene rings is 2. The number of rotatable bonds is 5. The van der Waals surface area contributed by atoms with E-state index in [4.69, 9.17) is 4.74 Å². The Morgan fingerprint density at radius 3 is 2.47 bits per heavy atom. The highest BCUT2D eigenvalue weighted by Gasteiger charge is 2.41. The number of nitrogens with one attached hydrogen (secondary N) is 1. The van der Waals surface area contributed by atoms with Crippen LogP contribution < -0.4 is 10.1 Å². The van der Waals surface area contributed by atoms with Crippen molar-refractivity contribution in [2.75, 3.05) is 12.4 Å². The minimum atomic E-state index is -5.01. The zero-order chi connectivity index (χ0) is 22.2. The molecular formula is C21H18BrF3N2O3. The molecule has 0 radical (unpaired) electrons. The molecule has 0 aliphatic carbocycles. The van der Waals surface area contributed by atoms with Gasteiger partial charge in [-0.05, 0) is 55.3 Å². The van der Waals surface area contributed by atoms with E-state index < -0.39 is 23.4 Å². The normalized spacial score (nSPS) is 11.6. The van der Waals surface area contributed by atoms with Crippen LogP contribution in [0.5, 0.6) is 5.75 Å². The summed E-state index contributed by atoms with van der Waals surface area (Å²) in [4.78, 5) is 24.5. The maximum absolute atomic E-state index is 13.0. The molecule has 0 saturated carbocycles. The smallest absolute Gasteiger partial charge is 0.454 e. The van der Waals surface area contributed by atoms with Crippen LogP contribution in [0.3, 0.4) is 0 Å². The summed E-state index contributed by atoms with van der Waals surface area (Å²) in [6.07, 6.45) is -3.94. The number of carbonyl (C=O) groups is 2. The Morgan fingerprint density at radius 2 is 1.83 bits per heavy atom. The standard InChI is InChI=1S/C21H18BrF3N2O3/c1-11-7-18(30-3)12(2)6-16(11)26-19(28)10-27-9-15(20(29)21(23,24)25)14-8-13(22)4-5-17(14)27/h4-9H,10H2,1-3H3,(H,26,28). The molecule has 0 atom stereocenters. The van der Waals surface area contributed by atoms with Crippen molar-refractivity contribution in [3.8, 4) is 5.75 Å². The number of anilines is 1. The summed E-state index contributed by atoms with van der Waals surface area (Å²) < 4.78 is 46.1. The van der Waals surface area contributed by atoms with Gasteiger partial charge < -0.3 is 14.6 Å². The number of aromatic nitrogens is 1. The fourth-order valence-electron chi connectivity index (χ4n) is 3.22. The molecule has 5 nitrogen and oxygen atoms in total. The largest absolute Gasteiger partial charge is 0.496 e. The summed E-state index contributed by atoms with van der Waals surface area (Å²) in [5, 5.41) is 2.89. The first-order valence-electron chi connectivity index (χ1n) is 8.86. The highest BCUT2D eigenvalue weighted by molar-refractivity contribution is 9.10. The summed E-state index contributed by atoms with van der Waals surface area (Å²) in [5.41, 5.74) is 2.03. The number of fused-ring (bicyclic) bond motifs is 1. The van der Waals surface area contributed by atoms with Crippen LogP contribution in [0.2, 0.25) is 0 Å². The van der Waals surface area contributed by atoms with Crippen LogP contribution in [0, 0.1) is 13.8 Å². The molecule has 30 heavy (non-hydrogen) atoms. The van der Waals surface area contributed by atoms with Gasteiger partial charge in [-0.2, -0.15) is 13.2 Å². The molecule has 0 spiro atoms. The second-order valence-corrected chi connectivity index (χ2v) is 7.76. The molecule has 1 amide bonds. The van der Waals surface area contributed by atoms with Crippen molar-refractivity contribution in [3.05, 3.63) is 57.7 Å². The molecule has 1 heterocycles. The number of amides is 1. The molecule has 0 unspecified atom stereocenters. The number of hydrogen-bond acceptors (Lipinski definition) is 3. The van der Waals surface area contributed by atoms with Crippen molar-refractivity contribution < 1.29 is 27.5 Å². The number of nitrogens with zero attached hydrogens (tertiary/aromatic N) is 1. The highest BCUT2D eigenvalue weighted by Crippen LogP contribution is 2.31. The van der Waals surface area contributed by atoms with Crippen LogP contribution in [-0.2, 0) is 11.3 Å². The first-order chi connectivity index (χ1) is 14.0. The topological polar surface area (TPSA) is 60.3 Å². The molecule has 158 valence electrons. The maximum Gasteiger partial charge on any atom is 0.454 e. The van der Waals surface area contributed by atoms with Gasteiger partial charge in [-0.3, -0.25) is 9.59 Å². The number of Topliss-reactive ketones (excluding diaryl/α,β-unsaturated/α-hetero) is 1. The van der Waals surface area contributed by atoms with Gasteiger partial charge in [0.25, 0.3) is 5.78 Å². The van der Waals surface area contributed by atoms with E-state index in [1.54, 1.807) is 38.3 Å². The van der Waals surface area contributed by atoms with Gasteiger partial charge >= 0.3 is 6.18 Å². The van der Waals surface area contributed by atoms with E-state index in [1.165, 1.54) is 10.6 Å². The lowest BCUT2D eigenvalue weighted by Crippen LogP contribution is -2.22. The average molecular weight is 483 g/mol. The number of ether oxygens (including phenoxy) is 1. The zero-order valence-electron chi connectivity index (χ0n) is 16.4. The van der Waals surface area contributed by atoms with E-state index in [0.717, 1.165) is 17.3 Å². The molecule has 9 heteroatoms. The molecule has 0 aliphatic heterocycles. The van der Waals surface area contributed by atoms with Crippen LogP contribution in [0.25, 0.3) is 10.9 Å². The van der Waals surface area contributed by atoms with Crippen LogP contribution in [0.15, 0.2) is 41.0 Å². The number of hydrogen-bond donors (Lipinski definition) is 1. The number of halogens is 4. The van der Waals surface area contributed by atoms with Gasteiger partial charge in [0.2, 0.25) is 5.91 Å². The Hall–Kier alpha value is -2.81. The maximum atomic E-state index is 13.0. The summed E-state index contributed by atoms with van der Waals surface area (Å²) in [6.45, 7) is 3.38. The van der Waals surface area contributed by atoms with E-state index in [-0.39, 0.29) is 11.9 Å². The Balaban J connectivity index is 1.93. The second kappa shape index (κ2) is 8.14.